The van der Waals surface area contributed by atoms with Crippen LogP contribution in [0.1, 0.15) is 23.2 Å². The number of halogens is 2. The van der Waals surface area contributed by atoms with Crippen molar-refractivity contribution in [3.05, 3.63) is 33.8 Å². The van der Waals surface area contributed by atoms with Crippen LogP contribution in [0, 0.1) is 0 Å². The Labute approximate surface area is 102 Å². The maximum atomic E-state index is 11.9. The van der Waals surface area contributed by atoms with Gasteiger partial charge in [0.1, 0.15) is 0 Å². The van der Waals surface area contributed by atoms with Gasteiger partial charge in [-0.2, -0.15) is 0 Å². The van der Waals surface area contributed by atoms with E-state index < -0.39 is 6.10 Å². The molecule has 0 aromatic heterocycles. The van der Waals surface area contributed by atoms with Crippen LogP contribution in [0.15, 0.2) is 18.2 Å². The summed E-state index contributed by atoms with van der Waals surface area (Å²) in [6.45, 7) is 0. The molecule has 1 aromatic rings. The number of Topliss-reactive ketones (excluding diaryl/α,β-unsaturated/α-hetero) is 1. The van der Waals surface area contributed by atoms with Crippen LogP contribution in [-0.4, -0.2) is 17.9 Å². The average molecular weight is 259 g/mol. The lowest BCUT2D eigenvalue weighted by atomic mass is 10.0. The molecule has 1 aromatic carbocycles. The SMILES string of the molecule is O=C1CCC(C(=O)c2cc(Cl)cc(Cl)c2)O1. The topological polar surface area (TPSA) is 43.4 Å². The van der Waals surface area contributed by atoms with E-state index in [0.717, 1.165) is 0 Å². The van der Waals surface area contributed by atoms with Crippen LogP contribution in [0.3, 0.4) is 0 Å². The van der Waals surface area contributed by atoms with E-state index in [1.807, 2.05) is 0 Å². The number of rotatable bonds is 2. The van der Waals surface area contributed by atoms with Gasteiger partial charge in [0.25, 0.3) is 0 Å². The van der Waals surface area contributed by atoms with Gasteiger partial charge in [-0.1, -0.05) is 23.2 Å². The van der Waals surface area contributed by atoms with Crippen LogP contribution in [-0.2, 0) is 9.53 Å². The highest BCUT2D eigenvalue weighted by molar-refractivity contribution is 6.35. The van der Waals surface area contributed by atoms with Crippen molar-refractivity contribution in [3.8, 4) is 0 Å². The van der Waals surface area contributed by atoms with Crippen molar-refractivity contribution in [2.75, 3.05) is 0 Å². The van der Waals surface area contributed by atoms with Gasteiger partial charge in [-0.15, -0.1) is 0 Å². The van der Waals surface area contributed by atoms with Crippen LogP contribution in [0.5, 0.6) is 0 Å². The Hall–Kier alpha value is -1.06. The highest BCUT2D eigenvalue weighted by Crippen LogP contribution is 2.23. The highest BCUT2D eigenvalue weighted by atomic mass is 35.5. The first kappa shape index (κ1) is 11.4. The monoisotopic (exact) mass is 258 g/mol. The Bertz CT molecular complexity index is 436. The van der Waals surface area contributed by atoms with Gasteiger partial charge >= 0.3 is 5.97 Å². The predicted octanol–water partition coefficient (Wildman–Crippen LogP) is 2.88. The molecule has 84 valence electrons. The van der Waals surface area contributed by atoms with Crippen LogP contribution in [0.4, 0.5) is 0 Å². The van der Waals surface area contributed by atoms with Gasteiger partial charge in [-0.05, 0) is 18.2 Å². The Kier molecular flexibility index (Phi) is 3.17. The molecule has 0 N–H and O–H groups in total. The lowest BCUT2D eigenvalue weighted by molar-refractivity contribution is -0.140. The van der Waals surface area contributed by atoms with E-state index in [1.54, 1.807) is 6.07 Å². The number of esters is 1. The number of hydrogen-bond acceptors (Lipinski definition) is 3. The zero-order chi connectivity index (χ0) is 11.7. The number of carbonyl (C=O) groups excluding carboxylic acids is 2. The van der Waals surface area contributed by atoms with E-state index >= 15 is 0 Å². The molecule has 5 heteroatoms. The lowest BCUT2D eigenvalue weighted by Crippen LogP contribution is -2.20. The molecule has 1 unspecified atom stereocenters. The van der Waals surface area contributed by atoms with Crippen LogP contribution in [0.2, 0.25) is 10.0 Å². The maximum absolute atomic E-state index is 11.9. The second-order valence-electron chi connectivity index (χ2n) is 3.54. The minimum Gasteiger partial charge on any atom is -0.454 e. The van der Waals surface area contributed by atoms with Crippen LogP contribution in [0.25, 0.3) is 0 Å². The number of cyclic esters (lactones) is 1. The van der Waals surface area contributed by atoms with Gasteiger partial charge in [0.05, 0.1) is 0 Å². The van der Waals surface area contributed by atoms with E-state index in [0.29, 0.717) is 22.0 Å². The molecule has 0 spiro atoms. The standard InChI is InChI=1S/C11H8Cl2O3/c12-7-3-6(4-8(13)5-7)11(15)9-1-2-10(14)16-9/h3-5,9H,1-2H2. The van der Waals surface area contributed by atoms with E-state index in [-0.39, 0.29) is 18.2 Å². The summed E-state index contributed by atoms with van der Waals surface area (Å²) in [5.74, 6) is -0.596. The van der Waals surface area contributed by atoms with E-state index in [9.17, 15) is 9.59 Å². The number of ether oxygens (including phenoxy) is 1. The molecule has 1 saturated heterocycles. The number of carbonyl (C=O) groups is 2. The first-order valence-corrected chi connectivity index (χ1v) is 5.51. The molecule has 0 aliphatic carbocycles. The highest BCUT2D eigenvalue weighted by Gasteiger charge is 2.30. The molecular weight excluding hydrogens is 251 g/mol. The molecule has 2 rings (SSSR count). The molecule has 0 amide bonds. The zero-order valence-electron chi connectivity index (χ0n) is 8.20. The van der Waals surface area contributed by atoms with Gasteiger partial charge in [0.2, 0.25) is 5.78 Å². The van der Waals surface area contributed by atoms with Gasteiger partial charge in [0.15, 0.2) is 6.10 Å². The Morgan fingerprint density at radius 2 is 1.88 bits per heavy atom. The van der Waals surface area contributed by atoms with Gasteiger partial charge < -0.3 is 4.74 Å². The Morgan fingerprint density at radius 3 is 2.38 bits per heavy atom. The van der Waals surface area contributed by atoms with Crippen molar-refractivity contribution in [3.63, 3.8) is 0 Å². The zero-order valence-corrected chi connectivity index (χ0v) is 9.72. The third-order valence-corrected chi connectivity index (χ3v) is 2.76. The summed E-state index contributed by atoms with van der Waals surface area (Å²) in [5, 5.41) is 0.778. The van der Waals surface area contributed by atoms with Crippen molar-refractivity contribution in [2.45, 2.75) is 18.9 Å². The molecule has 0 radical (unpaired) electrons. The quantitative estimate of drug-likeness (QED) is 0.605. The smallest absolute Gasteiger partial charge is 0.306 e. The van der Waals surface area contributed by atoms with E-state index in [4.69, 9.17) is 27.9 Å². The molecule has 1 atom stereocenters. The van der Waals surface area contributed by atoms with Gasteiger partial charge in [0, 0.05) is 28.5 Å². The van der Waals surface area contributed by atoms with E-state index in [2.05, 4.69) is 0 Å². The molecule has 1 aliphatic heterocycles. The molecule has 16 heavy (non-hydrogen) atoms. The number of benzene rings is 1. The van der Waals surface area contributed by atoms with Crippen molar-refractivity contribution >= 4 is 35.0 Å². The summed E-state index contributed by atoms with van der Waals surface area (Å²) in [4.78, 5) is 22.8. The number of ketones is 1. The first-order valence-electron chi connectivity index (χ1n) is 4.76. The van der Waals surface area contributed by atoms with Gasteiger partial charge in [-0.3, -0.25) is 9.59 Å². The van der Waals surface area contributed by atoms with Gasteiger partial charge in [-0.25, -0.2) is 0 Å². The second kappa shape index (κ2) is 4.44. The fraction of sp³-hybridized carbons (Fsp3) is 0.273. The van der Waals surface area contributed by atoms with Crippen molar-refractivity contribution in [1.29, 1.82) is 0 Å². The minimum absolute atomic E-state index is 0.254. The van der Waals surface area contributed by atoms with Crippen LogP contribution >= 0.6 is 23.2 Å². The Morgan fingerprint density at radius 1 is 1.25 bits per heavy atom. The lowest BCUT2D eigenvalue weighted by Gasteiger charge is -2.08. The summed E-state index contributed by atoms with van der Waals surface area (Å²) in [7, 11) is 0. The summed E-state index contributed by atoms with van der Waals surface area (Å²) in [6, 6.07) is 4.57. The second-order valence-corrected chi connectivity index (χ2v) is 4.41. The minimum atomic E-state index is -0.693. The van der Waals surface area contributed by atoms with Crippen molar-refractivity contribution < 1.29 is 14.3 Å². The molecular formula is C11H8Cl2O3. The molecule has 1 heterocycles. The number of hydrogen-bond donors (Lipinski definition) is 0. The predicted molar refractivity (Wildman–Crippen MR) is 59.9 cm³/mol. The fourth-order valence-corrected chi connectivity index (χ4v) is 2.12. The summed E-state index contributed by atoms with van der Waals surface area (Å²) < 4.78 is 4.88. The summed E-state index contributed by atoms with van der Waals surface area (Å²) in [5.41, 5.74) is 0.372. The Balaban J connectivity index is 2.23. The average Bonchev–Trinajstić information content (AvgIpc) is 2.62. The molecule has 1 aliphatic rings. The first-order chi connectivity index (χ1) is 7.56. The normalized spacial score (nSPS) is 19.6. The molecule has 0 saturated carbocycles. The van der Waals surface area contributed by atoms with E-state index in [1.165, 1.54) is 12.1 Å². The largest absolute Gasteiger partial charge is 0.454 e. The molecule has 0 bridgehead atoms. The molecule has 1 fully saturated rings. The van der Waals surface area contributed by atoms with Crippen molar-refractivity contribution in [1.82, 2.24) is 0 Å². The third-order valence-electron chi connectivity index (χ3n) is 2.32. The van der Waals surface area contributed by atoms with Crippen molar-refractivity contribution in [2.24, 2.45) is 0 Å². The third kappa shape index (κ3) is 2.36. The summed E-state index contributed by atoms with van der Waals surface area (Å²) in [6.07, 6.45) is 0.00833. The fourth-order valence-electron chi connectivity index (χ4n) is 1.59. The molecule has 3 nitrogen and oxygen atoms in total. The van der Waals surface area contributed by atoms with Crippen LogP contribution < -0.4 is 0 Å². The maximum Gasteiger partial charge on any atom is 0.306 e. The summed E-state index contributed by atoms with van der Waals surface area (Å²) >= 11 is 11.6.